The van der Waals surface area contributed by atoms with Gasteiger partial charge in [-0.2, -0.15) is 13.2 Å². The van der Waals surface area contributed by atoms with E-state index in [2.05, 4.69) is 15.3 Å². The van der Waals surface area contributed by atoms with Gasteiger partial charge in [0.1, 0.15) is 5.69 Å². The maximum absolute atomic E-state index is 13.0. The molecule has 4 rings (SSSR count). The van der Waals surface area contributed by atoms with Crippen molar-refractivity contribution in [1.29, 1.82) is 0 Å². The van der Waals surface area contributed by atoms with E-state index in [9.17, 15) is 28.2 Å². The van der Waals surface area contributed by atoms with E-state index in [1.54, 1.807) is 25.1 Å². The molecule has 0 aliphatic heterocycles. The lowest BCUT2D eigenvalue weighted by molar-refractivity contribution is -0.144. The molecule has 9 heteroatoms. The SMILES string of the molecule is Cc1cc(-c2cccc(Nc3nccc(C(F)(F)F)n3)c2)ccc1C(C)(O)[C@H]1CC[C@H](C(=O)O)CC1. The standard InChI is InChI=1S/C27H28F3N3O3/c1-16-14-19(8-11-22(16)26(2,36)20-9-6-17(7-10-20)24(34)35)18-4-3-5-21(15-18)32-25-31-13-12-23(33-25)27(28,29)30/h3-5,8,11-15,17,20,36H,6-7,9-10H2,1-2H3,(H,34,35)(H,31,32,33)/t17-,20-,26?. The van der Waals surface area contributed by atoms with E-state index in [1.807, 2.05) is 31.2 Å². The lowest BCUT2D eigenvalue weighted by Gasteiger charge is -2.38. The van der Waals surface area contributed by atoms with E-state index in [4.69, 9.17) is 0 Å². The van der Waals surface area contributed by atoms with Crippen molar-refractivity contribution < 1.29 is 28.2 Å². The fourth-order valence-electron chi connectivity index (χ4n) is 5.02. The summed E-state index contributed by atoms with van der Waals surface area (Å²) in [6, 6.07) is 13.8. The van der Waals surface area contributed by atoms with Crippen molar-refractivity contribution in [2.24, 2.45) is 11.8 Å². The monoisotopic (exact) mass is 499 g/mol. The molecule has 1 atom stereocenters. The Morgan fingerprint density at radius 3 is 2.36 bits per heavy atom. The summed E-state index contributed by atoms with van der Waals surface area (Å²) in [5, 5.41) is 23.5. The third kappa shape index (κ3) is 5.51. The first-order chi connectivity index (χ1) is 16.9. The molecule has 1 aromatic heterocycles. The van der Waals surface area contributed by atoms with Gasteiger partial charge in [-0.1, -0.05) is 30.3 Å². The molecular weight excluding hydrogens is 471 g/mol. The Morgan fingerprint density at radius 2 is 1.72 bits per heavy atom. The zero-order valence-corrected chi connectivity index (χ0v) is 20.0. The Balaban J connectivity index is 1.53. The van der Waals surface area contributed by atoms with Crippen LogP contribution in [-0.4, -0.2) is 26.2 Å². The first-order valence-corrected chi connectivity index (χ1v) is 11.8. The Bertz CT molecular complexity index is 1250. The number of nitrogens with zero attached hydrogens (tertiary/aromatic N) is 2. The highest BCUT2D eigenvalue weighted by atomic mass is 19.4. The first-order valence-electron chi connectivity index (χ1n) is 11.8. The van der Waals surface area contributed by atoms with Crippen molar-refractivity contribution in [2.45, 2.75) is 51.3 Å². The molecule has 1 unspecified atom stereocenters. The molecular formula is C27H28F3N3O3. The van der Waals surface area contributed by atoms with E-state index in [1.165, 1.54) is 0 Å². The van der Waals surface area contributed by atoms with Gasteiger partial charge in [-0.3, -0.25) is 4.79 Å². The lowest BCUT2D eigenvalue weighted by atomic mass is 9.70. The summed E-state index contributed by atoms with van der Waals surface area (Å²) in [5.41, 5.74) is 1.85. The van der Waals surface area contributed by atoms with Crippen LogP contribution < -0.4 is 5.32 Å². The first kappa shape index (κ1) is 25.6. The third-order valence-electron chi connectivity index (χ3n) is 7.04. The fourth-order valence-corrected chi connectivity index (χ4v) is 5.02. The van der Waals surface area contributed by atoms with Crippen molar-refractivity contribution in [3.8, 4) is 11.1 Å². The molecule has 3 N–H and O–H groups in total. The van der Waals surface area contributed by atoms with Crippen LogP contribution >= 0.6 is 0 Å². The number of aliphatic carboxylic acids is 1. The molecule has 190 valence electrons. The number of carboxylic acids is 1. The van der Waals surface area contributed by atoms with Gasteiger partial charge in [0.15, 0.2) is 0 Å². The number of rotatable bonds is 6. The van der Waals surface area contributed by atoms with E-state index in [-0.39, 0.29) is 17.8 Å². The number of aryl methyl sites for hydroxylation is 1. The molecule has 1 aliphatic carbocycles. The van der Waals surface area contributed by atoms with Gasteiger partial charge in [0.25, 0.3) is 0 Å². The van der Waals surface area contributed by atoms with Crippen LogP contribution in [-0.2, 0) is 16.6 Å². The van der Waals surface area contributed by atoms with E-state index < -0.39 is 23.4 Å². The highest BCUT2D eigenvalue weighted by molar-refractivity contribution is 5.71. The second kappa shape index (κ2) is 9.89. The van der Waals surface area contributed by atoms with E-state index >= 15 is 0 Å². The van der Waals surface area contributed by atoms with Crippen LogP contribution in [0, 0.1) is 18.8 Å². The third-order valence-corrected chi connectivity index (χ3v) is 7.04. The summed E-state index contributed by atoms with van der Waals surface area (Å²) in [4.78, 5) is 18.7. The van der Waals surface area contributed by atoms with Crippen molar-refractivity contribution in [1.82, 2.24) is 9.97 Å². The fraction of sp³-hybridized carbons (Fsp3) is 0.370. The van der Waals surface area contributed by atoms with Crippen molar-refractivity contribution >= 4 is 17.6 Å². The molecule has 1 aliphatic rings. The number of aromatic nitrogens is 2. The molecule has 2 aromatic carbocycles. The molecule has 1 saturated carbocycles. The molecule has 0 saturated heterocycles. The Hall–Kier alpha value is -3.46. The number of alkyl halides is 3. The molecule has 6 nitrogen and oxygen atoms in total. The smallest absolute Gasteiger partial charge is 0.433 e. The average Bonchev–Trinajstić information content (AvgIpc) is 2.83. The minimum atomic E-state index is -4.56. The Morgan fingerprint density at radius 1 is 1.03 bits per heavy atom. The summed E-state index contributed by atoms with van der Waals surface area (Å²) < 4.78 is 38.9. The summed E-state index contributed by atoms with van der Waals surface area (Å²) in [6.45, 7) is 3.72. The topological polar surface area (TPSA) is 95.3 Å². The number of carboxylic acid groups (broad SMARTS) is 1. The predicted octanol–water partition coefficient (Wildman–Crippen LogP) is 6.31. The largest absolute Gasteiger partial charge is 0.481 e. The number of hydrogen-bond donors (Lipinski definition) is 3. The van der Waals surface area contributed by atoms with Crippen molar-refractivity contribution in [2.75, 3.05) is 5.32 Å². The van der Waals surface area contributed by atoms with E-state index in [0.29, 0.717) is 31.4 Å². The summed E-state index contributed by atoms with van der Waals surface area (Å²) in [7, 11) is 0. The van der Waals surface area contributed by atoms with Gasteiger partial charge in [-0.05, 0) is 85.9 Å². The number of carbonyl (C=O) groups is 1. The average molecular weight is 500 g/mol. The normalized spacial score (nSPS) is 19.9. The molecule has 0 amide bonds. The molecule has 0 bridgehead atoms. The maximum atomic E-state index is 13.0. The van der Waals surface area contributed by atoms with Gasteiger partial charge in [-0.15, -0.1) is 0 Å². The number of halogens is 3. The minimum Gasteiger partial charge on any atom is -0.481 e. The highest BCUT2D eigenvalue weighted by Crippen LogP contribution is 2.42. The number of nitrogens with one attached hydrogen (secondary N) is 1. The number of anilines is 2. The van der Waals surface area contributed by atoms with Crippen LogP contribution in [0.4, 0.5) is 24.8 Å². The van der Waals surface area contributed by atoms with Crippen LogP contribution in [0.2, 0.25) is 0 Å². The van der Waals surface area contributed by atoms with Crippen LogP contribution in [0.5, 0.6) is 0 Å². The van der Waals surface area contributed by atoms with Gasteiger partial charge >= 0.3 is 12.1 Å². The molecule has 3 aromatic rings. The highest BCUT2D eigenvalue weighted by Gasteiger charge is 2.38. The van der Waals surface area contributed by atoms with E-state index in [0.717, 1.165) is 34.5 Å². The molecule has 0 spiro atoms. The molecule has 1 fully saturated rings. The summed E-state index contributed by atoms with van der Waals surface area (Å²) >= 11 is 0. The predicted molar refractivity (Wildman–Crippen MR) is 130 cm³/mol. The quantitative estimate of drug-likeness (QED) is 0.368. The molecule has 36 heavy (non-hydrogen) atoms. The zero-order chi connectivity index (χ0) is 26.1. The van der Waals surface area contributed by atoms with Crippen molar-refractivity contribution in [3.63, 3.8) is 0 Å². The van der Waals surface area contributed by atoms with Gasteiger partial charge in [-0.25, -0.2) is 9.97 Å². The zero-order valence-electron chi connectivity index (χ0n) is 20.0. The Kier molecular flexibility index (Phi) is 7.04. The van der Waals surface area contributed by atoms with Gasteiger partial charge in [0.2, 0.25) is 5.95 Å². The molecule has 1 heterocycles. The molecule has 0 radical (unpaired) electrons. The van der Waals surface area contributed by atoms with Crippen LogP contribution in [0.15, 0.2) is 54.7 Å². The van der Waals surface area contributed by atoms with Crippen molar-refractivity contribution in [3.05, 3.63) is 71.5 Å². The van der Waals surface area contributed by atoms with Crippen LogP contribution in [0.1, 0.15) is 49.4 Å². The lowest BCUT2D eigenvalue weighted by Crippen LogP contribution is -2.36. The van der Waals surface area contributed by atoms with Gasteiger partial charge in [0, 0.05) is 11.9 Å². The van der Waals surface area contributed by atoms with Crippen LogP contribution in [0.25, 0.3) is 11.1 Å². The minimum absolute atomic E-state index is 0.0300. The summed E-state index contributed by atoms with van der Waals surface area (Å²) in [6.07, 6.45) is -1.08. The van der Waals surface area contributed by atoms with Gasteiger partial charge < -0.3 is 15.5 Å². The van der Waals surface area contributed by atoms with Crippen LogP contribution in [0.3, 0.4) is 0 Å². The number of hydrogen-bond acceptors (Lipinski definition) is 5. The maximum Gasteiger partial charge on any atom is 0.433 e. The summed E-state index contributed by atoms with van der Waals surface area (Å²) in [5.74, 6) is -1.30. The Labute approximate surface area is 207 Å². The van der Waals surface area contributed by atoms with Gasteiger partial charge in [0.05, 0.1) is 11.5 Å². The number of aliphatic hydroxyl groups is 1. The number of benzene rings is 2. The second-order valence-corrected chi connectivity index (χ2v) is 9.53. The second-order valence-electron chi connectivity index (χ2n) is 9.53.